The summed E-state index contributed by atoms with van der Waals surface area (Å²) in [6.45, 7) is 4.60. The first kappa shape index (κ1) is 23.3. The molecule has 2 saturated heterocycles. The molecule has 2 fully saturated rings. The van der Waals surface area contributed by atoms with Crippen molar-refractivity contribution < 1.29 is 4.79 Å². The second-order valence-corrected chi connectivity index (χ2v) is 11.1. The Morgan fingerprint density at radius 1 is 1.00 bits per heavy atom. The molecule has 0 unspecified atom stereocenters. The largest absolute Gasteiger partial charge is 0.363 e. The van der Waals surface area contributed by atoms with E-state index in [1.165, 1.54) is 30.4 Å². The third-order valence-electron chi connectivity index (χ3n) is 8.36. The minimum absolute atomic E-state index is 0.110. The number of carbonyl (C=O) groups excluding carboxylic acids is 1. The molecule has 6 heteroatoms. The predicted molar refractivity (Wildman–Crippen MR) is 146 cm³/mol. The number of benzene rings is 2. The zero-order chi connectivity index (χ0) is 24.6. The van der Waals surface area contributed by atoms with E-state index in [4.69, 9.17) is 4.98 Å². The number of pyridine rings is 1. The van der Waals surface area contributed by atoms with Gasteiger partial charge in [-0.3, -0.25) is 4.90 Å². The van der Waals surface area contributed by atoms with Crippen LogP contribution in [0.2, 0.25) is 0 Å². The molecule has 6 rings (SSSR count). The lowest BCUT2D eigenvalue weighted by atomic mass is 9.81. The van der Waals surface area contributed by atoms with Crippen molar-refractivity contribution in [1.29, 1.82) is 0 Å². The Morgan fingerprint density at radius 2 is 1.81 bits per heavy atom. The highest BCUT2D eigenvalue weighted by molar-refractivity contribution is 5.93. The molecule has 2 aliphatic heterocycles. The number of anilines is 2. The zero-order valence-electron chi connectivity index (χ0n) is 21.3. The quantitative estimate of drug-likeness (QED) is 0.401. The van der Waals surface area contributed by atoms with Crippen LogP contribution < -0.4 is 16.0 Å². The fourth-order valence-corrected chi connectivity index (χ4v) is 6.90. The fraction of sp³-hybridized carbons (Fsp3) is 0.467. The first-order valence-corrected chi connectivity index (χ1v) is 13.6. The minimum atomic E-state index is -0.110. The summed E-state index contributed by atoms with van der Waals surface area (Å²) in [6, 6.07) is 20.9. The van der Waals surface area contributed by atoms with Gasteiger partial charge < -0.3 is 16.0 Å². The van der Waals surface area contributed by atoms with E-state index >= 15 is 0 Å². The van der Waals surface area contributed by atoms with E-state index in [1.54, 1.807) is 0 Å². The second-order valence-electron chi connectivity index (χ2n) is 11.1. The number of urea groups is 1. The number of aryl methyl sites for hydroxylation is 1. The van der Waals surface area contributed by atoms with Gasteiger partial charge in [-0.15, -0.1) is 0 Å². The minimum Gasteiger partial charge on any atom is -0.363 e. The molecule has 3 aliphatic rings. The van der Waals surface area contributed by atoms with Gasteiger partial charge in [0.2, 0.25) is 0 Å². The van der Waals surface area contributed by atoms with Crippen LogP contribution in [-0.4, -0.2) is 40.1 Å². The number of carbonyl (C=O) groups is 1. The van der Waals surface area contributed by atoms with E-state index in [0.717, 1.165) is 48.1 Å². The van der Waals surface area contributed by atoms with Crippen LogP contribution in [-0.2, 0) is 6.42 Å². The van der Waals surface area contributed by atoms with Gasteiger partial charge in [-0.25, -0.2) is 9.78 Å². The Morgan fingerprint density at radius 3 is 2.61 bits per heavy atom. The summed E-state index contributed by atoms with van der Waals surface area (Å²) in [5.41, 5.74) is 4.53. The molecule has 0 radical (unpaired) electrons. The molecule has 1 aromatic heterocycles. The van der Waals surface area contributed by atoms with Crippen molar-refractivity contribution in [2.24, 2.45) is 0 Å². The van der Waals surface area contributed by atoms with Crippen LogP contribution in [0.15, 0.2) is 54.6 Å². The van der Waals surface area contributed by atoms with Crippen LogP contribution in [0.25, 0.3) is 10.9 Å². The molecule has 3 heterocycles. The molecule has 2 bridgehead atoms. The van der Waals surface area contributed by atoms with Crippen molar-refractivity contribution in [3.05, 3.63) is 65.7 Å². The molecule has 6 nitrogen and oxygen atoms in total. The number of hydrogen-bond donors (Lipinski definition) is 3. The average Bonchev–Trinajstić information content (AvgIpc) is 3.26. The Bertz CT molecular complexity index is 1240. The lowest BCUT2D eigenvalue weighted by molar-refractivity contribution is 0.00233. The normalized spacial score (nSPS) is 25.5. The number of hydrogen-bond acceptors (Lipinski definition) is 4. The van der Waals surface area contributed by atoms with E-state index in [9.17, 15) is 4.79 Å². The predicted octanol–water partition coefficient (Wildman–Crippen LogP) is 6.25. The number of nitrogens with zero attached hydrogens (tertiary/aromatic N) is 2. The van der Waals surface area contributed by atoms with E-state index in [-0.39, 0.29) is 12.1 Å². The molecular weight excluding hydrogens is 446 g/mol. The van der Waals surface area contributed by atoms with Crippen molar-refractivity contribution in [3.63, 3.8) is 0 Å². The molecule has 4 atom stereocenters. The number of fused-ring (bicyclic) bond motifs is 4. The lowest BCUT2D eigenvalue weighted by Crippen LogP contribution is -2.59. The van der Waals surface area contributed by atoms with Gasteiger partial charge in [-0.2, -0.15) is 0 Å². The molecule has 2 amide bonds. The Kier molecular flexibility index (Phi) is 6.30. The monoisotopic (exact) mass is 483 g/mol. The van der Waals surface area contributed by atoms with E-state index < -0.39 is 0 Å². The second kappa shape index (κ2) is 9.74. The van der Waals surface area contributed by atoms with Gasteiger partial charge in [0, 0.05) is 35.2 Å². The van der Waals surface area contributed by atoms with Gasteiger partial charge in [-0.1, -0.05) is 30.7 Å². The molecule has 188 valence electrons. The van der Waals surface area contributed by atoms with Gasteiger partial charge in [0.25, 0.3) is 0 Å². The maximum Gasteiger partial charge on any atom is 0.319 e. The zero-order valence-corrected chi connectivity index (χ0v) is 21.3. The topological polar surface area (TPSA) is 69.3 Å². The highest BCUT2D eigenvalue weighted by atomic mass is 16.2. The van der Waals surface area contributed by atoms with Gasteiger partial charge in [0.1, 0.15) is 5.82 Å². The molecule has 3 aromatic rings. The Balaban J connectivity index is 1.08. The van der Waals surface area contributed by atoms with Crippen LogP contribution >= 0.6 is 0 Å². The van der Waals surface area contributed by atoms with Gasteiger partial charge in [-0.05, 0) is 93.8 Å². The molecule has 1 aliphatic carbocycles. The maximum atomic E-state index is 12.8. The summed E-state index contributed by atoms with van der Waals surface area (Å²) >= 11 is 0. The number of piperidine rings is 2. The fourth-order valence-electron chi connectivity index (χ4n) is 6.90. The summed E-state index contributed by atoms with van der Waals surface area (Å²) in [7, 11) is 0. The smallest absolute Gasteiger partial charge is 0.319 e. The third kappa shape index (κ3) is 4.66. The Labute approximate surface area is 213 Å². The molecular formula is C30H37N5O. The van der Waals surface area contributed by atoms with Crippen LogP contribution in [0, 0.1) is 0 Å². The van der Waals surface area contributed by atoms with Gasteiger partial charge >= 0.3 is 6.03 Å². The number of amides is 2. The van der Waals surface area contributed by atoms with Gasteiger partial charge in [0.15, 0.2) is 0 Å². The highest BCUT2D eigenvalue weighted by Crippen LogP contribution is 2.36. The third-order valence-corrected chi connectivity index (χ3v) is 8.36. The van der Waals surface area contributed by atoms with Crippen molar-refractivity contribution >= 4 is 28.4 Å². The van der Waals surface area contributed by atoms with E-state index in [1.807, 2.05) is 24.3 Å². The molecule has 2 aromatic carbocycles. The van der Waals surface area contributed by atoms with Crippen molar-refractivity contribution in [3.8, 4) is 0 Å². The maximum absolute atomic E-state index is 12.8. The SMILES string of the molecule is CC(C)N1[C@@H]2CCC[C@H]1C[C@H](NC(=O)Nc1ccc3nc(N[C@@H]4CCc5ccccc54)ccc3c1)C2. The summed E-state index contributed by atoms with van der Waals surface area (Å²) in [5, 5.41) is 10.9. The molecule has 36 heavy (non-hydrogen) atoms. The van der Waals surface area contributed by atoms with Crippen molar-refractivity contribution in [2.45, 2.75) is 89.0 Å². The summed E-state index contributed by atoms with van der Waals surface area (Å²) < 4.78 is 0. The summed E-state index contributed by atoms with van der Waals surface area (Å²) in [4.78, 5) is 20.4. The molecule has 0 saturated carbocycles. The van der Waals surface area contributed by atoms with E-state index in [0.29, 0.717) is 24.2 Å². The van der Waals surface area contributed by atoms with Crippen LogP contribution in [0.1, 0.15) is 69.5 Å². The van der Waals surface area contributed by atoms with E-state index in [2.05, 4.69) is 65.0 Å². The first-order valence-electron chi connectivity index (χ1n) is 13.6. The summed E-state index contributed by atoms with van der Waals surface area (Å²) in [5.74, 6) is 0.890. The van der Waals surface area contributed by atoms with Gasteiger partial charge in [0.05, 0.1) is 11.6 Å². The average molecular weight is 484 g/mol. The van der Waals surface area contributed by atoms with Crippen molar-refractivity contribution in [2.75, 3.05) is 10.6 Å². The standard InChI is InChI=1S/C30H37N5O/c1-19(2)35-24-7-5-8-25(35)18-23(17-24)32-30(36)31-22-12-14-27-21(16-22)11-15-29(33-27)34-28-13-10-20-6-3-4-9-26(20)28/h3-4,6,9,11-12,14-16,19,23-25,28H,5,7-8,10,13,17-18H2,1-2H3,(H,33,34)(H2,31,32,36)/t23-,24-,25+,28-/m1/s1. The number of aromatic nitrogens is 1. The van der Waals surface area contributed by atoms with Crippen LogP contribution in [0.5, 0.6) is 0 Å². The number of rotatable bonds is 5. The number of nitrogens with one attached hydrogen (secondary N) is 3. The van der Waals surface area contributed by atoms with Crippen molar-refractivity contribution in [1.82, 2.24) is 15.2 Å². The molecule has 3 N–H and O–H groups in total. The molecule has 0 spiro atoms. The lowest BCUT2D eigenvalue weighted by Gasteiger charge is -2.51. The Hall–Kier alpha value is -3.12. The van der Waals surface area contributed by atoms with Crippen LogP contribution in [0.3, 0.4) is 0 Å². The summed E-state index contributed by atoms with van der Waals surface area (Å²) in [6.07, 6.45) is 8.10. The highest BCUT2D eigenvalue weighted by Gasteiger charge is 2.39. The van der Waals surface area contributed by atoms with Crippen LogP contribution in [0.4, 0.5) is 16.3 Å². The first-order chi connectivity index (χ1) is 17.5.